The number of nitrogens with one attached hydrogen (secondary N) is 7. The smallest absolute Gasteiger partial charge is 0.421 e. The Labute approximate surface area is 811 Å². The zero-order valence-electron chi connectivity index (χ0n) is 79.8. The van der Waals surface area contributed by atoms with Gasteiger partial charge in [-0.3, -0.25) is 28.8 Å². The average Bonchev–Trinajstić information content (AvgIpc) is 0.832. The van der Waals surface area contributed by atoms with Crippen LogP contribution in [0, 0.1) is 24.4 Å². The Kier molecular flexibility index (Phi) is 46.5. The lowest BCUT2D eigenvalue weighted by atomic mass is 9.84. The molecule has 0 bridgehead atoms. The highest BCUT2D eigenvalue weighted by Crippen LogP contribution is 2.35. The zero-order chi connectivity index (χ0) is 97.3. The number of ether oxygens (including phenoxy) is 9. The number of ketones is 6. The van der Waals surface area contributed by atoms with E-state index in [1.165, 1.54) is 134 Å². The first-order valence-electron chi connectivity index (χ1n) is 50.0. The highest BCUT2D eigenvalue weighted by molar-refractivity contribution is 7.80. The Morgan fingerprint density at radius 1 is 0.343 bits per heavy atom. The molecule has 16 rings (SSSR count). The number of terminal acetylenes is 1. The molecule has 0 saturated heterocycles. The van der Waals surface area contributed by atoms with Gasteiger partial charge in [0.05, 0.1) is 61.6 Å². The topological polar surface area (TPSA) is 389 Å². The molecule has 0 aliphatic heterocycles. The van der Waals surface area contributed by atoms with Gasteiger partial charge in [-0.2, -0.15) is 0 Å². The third kappa shape index (κ3) is 39.3. The molecular weight excluding hydrogens is 1770 g/mol. The second-order valence-corrected chi connectivity index (χ2v) is 37.6. The summed E-state index contributed by atoms with van der Waals surface area (Å²) in [7, 11) is 0. The van der Waals surface area contributed by atoms with E-state index >= 15 is 0 Å². The fourth-order valence-electron chi connectivity index (χ4n) is 17.0. The van der Waals surface area contributed by atoms with Gasteiger partial charge in [0.2, 0.25) is 0 Å². The van der Waals surface area contributed by atoms with Crippen molar-refractivity contribution < 1.29 is 105 Å². The van der Waals surface area contributed by atoms with Crippen molar-refractivity contribution in [2.45, 2.75) is 364 Å². The molecule has 5 aromatic rings. The normalized spacial score (nSPS) is 21.7. The third-order valence-corrected chi connectivity index (χ3v) is 27.2. The molecule has 0 heterocycles. The van der Waals surface area contributed by atoms with E-state index in [1.807, 2.05) is 115 Å². The minimum absolute atomic E-state index is 0.0268. The van der Waals surface area contributed by atoms with Crippen molar-refractivity contribution in [2.24, 2.45) is 11.8 Å². The highest BCUT2D eigenvalue weighted by atomic mass is 32.1. The van der Waals surface area contributed by atoms with Gasteiger partial charge in [-0.1, -0.05) is 219 Å². The fraction of sp³-hybridized carbons (Fsp3) is 0.570. The van der Waals surface area contributed by atoms with E-state index in [4.69, 9.17) is 50.1 Å². The molecule has 30 heteroatoms. The number of carbonyl (C=O) groups excluding carboxylic acids is 13. The molecule has 137 heavy (non-hydrogen) atoms. The number of thiocarbonyl (C=S) groups is 1. The number of unbranched alkanes of at least 4 members (excludes halogenated alkanes) is 3. The van der Waals surface area contributed by atoms with Crippen LogP contribution in [0.25, 0.3) is 11.1 Å². The molecule has 7 amide bonds. The lowest BCUT2D eigenvalue weighted by Crippen LogP contribution is -2.48. The van der Waals surface area contributed by atoms with Crippen LogP contribution in [0.2, 0.25) is 0 Å². The highest BCUT2D eigenvalue weighted by Gasteiger charge is 2.36. The molecule has 11 aliphatic carbocycles. The Bertz CT molecular complexity index is 4730. The summed E-state index contributed by atoms with van der Waals surface area (Å²) in [6, 6.07) is 39.4. The standard InChI is InChI=1S/C18H23NO4.C18H17NO3.C18H23NO3.C16H21NO4.C15H25NO3.C15H25NO2S.C7H7NO3/c20-17-11-10-16(17)19-18(21)22-12-13-6-8-15(9-7-13)23-14-4-2-1-3-5-14;20-17-10-9-16(17)19-18(21)22-12-13-5-4-8-15(11-13)14-6-2-1-3-7-14;20-17-11-10-16(17)19-18(21)22-12-13-6-8-15(9-7-13)14-4-2-1-3-5-14;1-2-3-10-20-13-6-4-12(5-7-13)11-21-16(19)17-14-8-9-15(14)18;1-2-3-4-11-5-7-12(8-6-11)19-15(18)16-13-9-10-14(13)17;17-15(16-13-9-10-14(13)19)18-11-5-4-8-12-6-2-1-3-7-12;1-2-11-7(10)8-5-3-4-6(5)9/h6-9,14,16H,1-5,10-12H2,(H,19,21);1-8,11,16H,9-10,12H2,(H,19,21);6-9,14,16H,1-5,10-12H2,(H,19,21);4-7,14H,2-3,8-11H2,1H3,(H,17,19);11-13H,2-10H2,1H3,(H,16,18);12-13H,1-11H2,(H,16,17);1,5H,3-4H2,(H,8,10)/t3*16-;14-;11?,12?,13-;13-;5-/m0000000/s1. The summed E-state index contributed by atoms with van der Waals surface area (Å²) in [6.45, 7) is 6.40. The van der Waals surface area contributed by atoms with Crippen LogP contribution >= 0.6 is 12.2 Å². The molecule has 7 N–H and O–H groups in total. The van der Waals surface area contributed by atoms with E-state index in [-0.39, 0.29) is 116 Å². The molecule has 11 saturated carbocycles. The number of hydrogen-bond donors (Lipinski definition) is 7. The Morgan fingerprint density at radius 2 is 0.737 bits per heavy atom. The lowest BCUT2D eigenvalue weighted by molar-refractivity contribution is -0.127. The van der Waals surface area contributed by atoms with Crippen molar-refractivity contribution in [3.05, 3.63) is 155 Å². The third-order valence-electron chi connectivity index (χ3n) is 26.7. The van der Waals surface area contributed by atoms with Crippen LogP contribution in [0.1, 0.15) is 311 Å². The van der Waals surface area contributed by atoms with Crippen LogP contribution in [0.15, 0.2) is 127 Å². The van der Waals surface area contributed by atoms with Gasteiger partial charge >= 0.3 is 42.7 Å². The van der Waals surface area contributed by atoms with Crippen molar-refractivity contribution in [1.29, 1.82) is 0 Å². The van der Waals surface area contributed by atoms with Gasteiger partial charge in [-0.25, -0.2) is 33.6 Å². The maximum Gasteiger partial charge on any atom is 0.421 e. The van der Waals surface area contributed by atoms with E-state index in [2.05, 4.69) is 74.4 Å². The quantitative estimate of drug-likeness (QED) is 0.00910. The number of rotatable bonds is 32. The monoisotopic (exact) mass is 1910 g/mol. The van der Waals surface area contributed by atoms with E-state index < -0.39 is 36.6 Å². The lowest BCUT2D eigenvalue weighted by Gasteiger charge is -2.30. The number of carbonyl (C=O) groups is 13. The molecule has 0 aromatic heterocycles. The summed E-state index contributed by atoms with van der Waals surface area (Å²) in [5.74, 6) is 4.58. The molecular formula is C107H141N7O22S. The van der Waals surface area contributed by atoms with Crippen LogP contribution in [0.5, 0.6) is 11.5 Å². The maximum absolute atomic E-state index is 11.6. The number of hydrogen-bond acceptors (Lipinski definition) is 23. The van der Waals surface area contributed by atoms with Crippen LogP contribution in [0.4, 0.5) is 33.6 Å². The SMILES string of the molecule is C#COC(=O)N[C@H]1CCC1=O.CCCCC1CCC(OC(=O)N[C@H]2CCC2=O)CC1.CCCCOc1ccc(COC(=O)N[C@H]2CCC2=O)cc1.O=C(N[C@H]1CCC1=O)OCc1ccc(C2CCCCC2)cc1.O=C(N[C@H]1CCC1=O)OCc1ccc(OC2CCCCC2)cc1.O=C(N[C@H]1CCC1=O)OCc1cccc(-c2ccccc2)c1.O=C(N[C@H]1CCC1=S)OCCCCC1CCCCC1. The van der Waals surface area contributed by atoms with Crippen LogP contribution < -0.4 is 46.7 Å². The summed E-state index contributed by atoms with van der Waals surface area (Å²) >= 11 is 5.08. The molecule has 29 nitrogen and oxygen atoms in total. The van der Waals surface area contributed by atoms with Crippen LogP contribution in [-0.4, -0.2) is 150 Å². The first-order valence-corrected chi connectivity index (χ1v) is 50.4. The molecule has 7 atom stereocenters. The largest absolute Gasteiger partial charge is 0.494 e. The van der Waals surface area contributed by atoms with Gasteiger partial charge in [0.1, 0.15) is 50.1 Å². The van der Waals surface area contributed by atoms with E-state index in [0.717, 1.165) is 132 Å². The number of benzene rings is 5. The summed E-state index contributed by atoms with van der Waals surface area (Å²) in [6.07, 6.45) is 46.2. The molecule has 5 aromatic carbocycles. The number of amides is 7. The Balaban J connectivity index is 0.000000166. The van der Waals surface area contributed by atoms with E-state index in [1.54, 1.807) is 6.11 Å². The summed E-state index contributed by atoms with van der Waals surface area (Å²) in [5, 5.41) is 18.0. The van der Waals surface area contributed by atoms with Crippen LogP contribution in [-0.2, 0) is 88.4 Å². The molecule has 11 fully saturated rings. The second kappa shape index (κ2) is 59.4. The molecule has 742 valence electrons. The molecule has 0 unspecified atom stereocenters. The Morgan fingerprint density at radius 3 is 1.17 bits per heavy atom. The van der Waals surface area contributed by atoms with Crippen molar-refractivity contribution in [3.8, 4) is 35.2 Å². The second-order valence-electron chi connectivity index (χ2n) is 37.1. The molecule has 11 aliphatic rings. The zero-order valence-corrected chi connectivity index (χ0v) is 80.6. The number of Topliss-reactive ketones (excluding diaryl/α,β-unsaturated/α-hetero) is 6. The maximum atomic E-state index is 11.6. The molecule has 0 radical (unpaired) electrons. The summed E-state index contributed by atoms with van der Waals surface area (Å²) in [4.78, 5) is 147. The first-order chi connectivity index (χ1) is 66.5. The fourth-order valence-corrected chi connectivity index (χ4v) is 17.3. The van der Waals surface area contributed by atoms with Gasteiger partial charge in [0.25, 0.3) is 0 Å². The van der Waals surface area contributed by atoms with Gasteiger partial charge < -0.3 is 79.8 Å². The minimum atomic E-state index is -0.731. The van der Waals surface area contributed by atoms with Crippen molar-refractivity contribution in [3.63, 3.8) is 0 Å². The van der Waals surface area contributed by atoms with Gasteiger partial charge in [-0.05, 0) is 222 Å². The predicted molar refractivity (Wildman–Crippen MR) is 520 cm³/mol. The predicted octanol–water partition coefficient (Wildman–Crippen LogP) is 20.4. The van der Waals surface area contributed by atoms with E-state index in [0.29, 0.717) is 89.4 Å². The minimum Gasteiger partial charge on any atom is -0.494 e. The Hall–Kier alpha value is -11.7. The van der Waals surface area contributed by atoms with E-state index in [9.17, 15) is 62.3 Å². The average molecular weight is 1910 g/mol. The summed E-state index contributed by atoms with van der Waals surface area (Å²) < 4.78 is 46.8. The molecule has 0 spiro atoms. The first kappa shape index (κ1) is 107. The van der Waals surface area contributed by atoms with Gasteiger partial charge in [0, 0.05) is 43.4 Å². The van der Waals surface area contributed by atoms with Crippen molar-refractivity contribution in [2.75, 3.05) is 13.2 Å². The van der Waals surface area contributed by atoms with Crippen molar-refractivity contribution >= 4 is 94.4 Å². The number of alkyl carbamates (subject to hydrolysis) is 7. The summed E-state index contributed by atoms with van der Waals surface area (Å²) in [5.41, 5.74) is 7.27. The van der Waals surface area contributed by atoms with Crippen LogP contribution in [0.3, 0.4) is 0 Å². The van der Waals surface area contributed by atoms with Gasteiger partial charge in [-0.15, -0.1) is 0 Å². The van der Waals surface area contributed by atoms with Crippen molar-refractivity contribution in [1.82, 2.24) is 37.2 Å². The van der Waals surface area contributed by atoms with Gasteiger partial charge in [0.15, 0.2) is 34.7 Å².